The van der Waals surface area contributed by atoms with Crippen LogP contribution in [0.2, 0.25) is 0 Å². The number of piperidine rings is 1. The zero-order valence-corrected chi connectivity index (χ0v) is 16.1. The molecule has 8 nitrogen and oxygen atoms in total. The van der Waals surface area contributed by atoms with Crippen LogP contribution in [0.15, 0.2) is 18.7 Å². The summed E-state index contributed by atoms with van der Waals surface area (Å²) in [5, 5.41) is 11.6. The highest BCUT2D eigenvalue weighted by Crippen LogP contribution is 2.26. The second kappa shape index (κ2) is 9.74. The van der Waals surface area contributed by atoms with Gasteiger partial charge in [0.05, 0.1) is 19.4 Å². The molecular formula is C15H25Cl2N7O. The Hall–Kier alpha value is -1.64. The van der Waals surface area contributed by atoms with Crippen LogP contribution in [0.3, 0.4) is 0 Å². The molecule has 1 saturated heterocycles. The van der Waals surface area contributed by atoms with E-state index < -0.39 is 0 Å². The predicted octanol–water partition coefficient (Wildman–Crippen LogP) is 0.829. The van der Waals surface area contributed by atoms with Crippen LogP contribution in [-0.2, 0) is 18.4 Å². The number of amides is 1. The topological polar surface area (TPSA) is 80.9 Å². The van der Waals surface area contributed by atoms with E-state index in [2.05, 4.69) is 25.1 Å². The molecule has 3 heterocycles. The van der Waals surface area contributed by atoms with Crippen molar-refractivity contribution in [2.75, 3.05) is 26.7 Å². The average Bonchev–Trinajstić information content (AvgIpc) is 3.19. The lowest BCUT2D eigenvalue weighted by Crippen LogP contribution is -2.42. The van der Waals surface area contributed by atoms with Crippen LogP contribution in [0.5, 0.6) is 0 Å². The standard InChI is InChI=1S/C15H23N7O.2ClH/c1-16-9-14(23)22-6-3-12(4-7-22)15-19-18-13(20(15)2)10-21-8-5-17-11-21;;/h5,8,11-12,16H,3-4,6-7,9-10H2,1-2H3;2*1H. The van der Waals surface area contributed by atoms with Gasteiger partial charge in [0.1, 0.15) is 5.82 Å². The van der Waals surface area contributed by atoms with E-state index in [1.165, 1.54) is 0 Å². The van der Waals surface area contributed by atoms with Gasteiger partial charge < -0.3 is 19.4 Å². The van der Waals surface area contributed by atoms with Crippen molar-refractivity contribution in [2.45, 2.75) is 25.3 Å². The van der Waals surface area contributed by atoms with Gasteiger partial charge in [-0.2, -0.15) is 0 Å². The molecule has 25 heavy (non-hydrogen) atoms. The highest BCUT2D eigenvalue weighted by molar-refractivity contribution is 5.85. The number of nitrogens with zero attached hydrogens (tertiary/aromatic N) is 6. The lowest BCUT2D eigenvalue weighted by atomic mass is 9.96. The molecule has 1 aliphatic rings. The number of nitrogens with one attached hydrogen (secondary N) is 1. The number of aromatic nitrogens is 5. The smallest absolute Gasteiger partial charge is 0.236 e. The first-order chi connectivity index (χ1) is 11.2. The lowest BCUT2D eigenvalue weighted by molar-refractivity contribution is -0.131. The molecule has 0 radical (unpaired) electrons. The molecule has 1 N–H and O–H groups in total. The molecule has 0 bridgehead atoms. The number of carbonyl (C=O) groups is 1. The molecule has 2 aromatic rings. The van der Waals surface area contributed by atoms with E-state index in [-0.39, 0.29) is 30.7 Å². The maximum absolute atomic E-state index is 11.9. The molecule has 1 aliphatic heterocycles. The average molecular weight is 390 g/mol. The first-order valence-corrected chi connectivity index (χ1v) is 7.95. The number of hydrogen-bond acceptors (Lipinski definition) is 5. The highest BCUT2D eigenvalue weighted by Gasteiger charge is 2.27. The van der Waals surface area contributed by atoms with Crippen LogP contribution < -0.4 is 5.32 Å². The van der Waals surface area contributed by atoms with Crippen LogP contribution in [-0.4, -0.2) is 61.8 Å². The molecule has 0 unspecified atom stereocenters. The Kier molecular flexibility index (Phi) is 8.34. The number of hydrogen-bond donors (Lipinski definition) is 1. The third kappa shape index (κ3) is 4.93. The Morgan fingerprint density at radius 2 is 2.00 bits per heavy atom. The Bertz CT molecular complexity index is 651. The number of rotatable bonds is 5. The van der Waals surface area contributed by atoms with Crippen LogP contribution in [0.25, 0.3) is 0 Å². The monoisotopic (exact) mass is 389 g/mol. The Balaban J connectivity index is 0.00000156. The molecule has 1 amide bonds. The molecule has 0 saturated carbocycles. The number of carbonyl (C=O) groups excluding carboxylic acids is 1. The van der Waals surface area contributed by atoms with E-state index in [1.54, 1.807) is 19.6 Å². The van der Waals surface area contributed by atoms with Crippen LogP contribution >= 0.6 is 24.8 Å². The van der Waals surface area contributed by atoms with Crippen molar-refractivity contribution >= 4 is 30.7 Å². The molecular weight excluding hydrogens is 365 g/mol. The summed E-state index contributed by atoms with van der Waals surface area (Å²) < 4.78 is 4.06. The second-order valence-electron chi connectivity index (χ2n) is 5.95. The summed E-state index contributed by atoms with van der Waals surface area (Å²) in [6.07, 6.45) is 7.33. The third-order valence-electron chi connectivity index (χ3n) is 4.42. The Labute approximate surface area is 159 Å². The molecule has 10 heteroatoms. The summed E-state index contributed by atoms with van der Waals surface area (Å²) in [4.78, 5) is 17.9. The maximum atomic E-state index is 11.9. The van der Waals surface area contributed by atoms with Crippen LogP contribution in [0.4, 0.5) is 0 Å². The number of likely N-dealkylation sites (N-methyl/N-ethyl adjacent to an activating group) is 1. The summed E-state index contributed by atoms with van der Waals surface area (Å²) in [7, 11) is 3.81. The van der Waals surface area contributed by atoms with Gasteiger partial charge in [0.25, 0.3) is 0 Å². The van der Waals surface area contributed by atoms with Crippen LogP contribution in [0, 0.1) is 0 Å². The predicted molar refractivity (Wildman–Crippen MR) is 99.3 cm³/mol. The van der Waals surface area contributed by atoms with Gasteiger partial charge in [-0.3, -0.25) is 4.79 Å². The lowest BCUT2D eigenvalue weighted by Gasteiger charge is -2.31. The zero-order chi connectivity index (χ0) is 16.2. The Morgan fingerprint density at radius 3 is 2.60 bits per heavy atom. The Morgan fingerprint density at radius 1 is 1.28 bits per heavy atom. The molecule has 0 atom stereocenters. The first-order valence-electron chi connectivity index (χ1n) is 7.95. The fraction of sp³-hybridized carbons (Fsp3) is 0.600. The van der Waals surface area contributed by atoms with Crippen LogP contribution in [0.1, 0.15) is 30.4 Å². The number of likely N-dealkylation sites (tertiary alicyclic amines) is 1. The van der Waals surface area contributed by atoms with Crippen molar-refractivity contribution in [1.29, 1.82) is 0 Å². The molecule has 0 aromatic carbocycles. The van der Waals surface area contributed by atoms with E-state index in [9.17, 15) is 4.79 Å². The largest absolute Gasteiger partial charge is 0.342 e. The summed E-state index contributed by atoms with van der Waals surface area (Å²) in [6, 6.07) is 0. The van der Waals surface area contributed by atoms with Gasteiger partial charge in [-0.25, -0.2) is 4.98 Å². The highest BCUT2D eigenvalue weighted by atomic mass is 35.5. The van der Waals surface area contributed by atoms with Crippen molar-refractivity contribution in [2.24, 2.45) is 7.05 Å². The van der Waals surface area contributed by atoms with E-state index >= 15 is 0 Å². The molecule has 3 rings (SSSR count). The van der Waals surface area contributed by atoms with Crippen molar-refractivity contribution in [1.82, 2.24) is 34.5 Å². The van der Waals surface area contributed by atoms with Gasteiger partial charge in [0, 0.05) is 38.4 Å². The molecule has 2 aromatic heterocycles. The van der Waals surface area contributed by atoms with E-state index in [4.69, 9.17) is 0 Å². The maximum Gasteiger partial charge on any atom is 0.236 e. The molecule has 0 spiro atoms. The zero-order valence-electron chi connectivity index (χ0n) is 14.5. The van der Waals surface area contributed by atoms with Crippen molar-refractivity contribution < 1.29 is 4.79 Å². The normalized spacial score (nSPS) is 14.7. The summed E-state index contributed by atoms with van der Waals surface area (Å²) in [5.74, 6) is 2.47. The van der Waals surface area contributed by atoms with Gasteiger partial charge >= 0.3 is 0 Å². The van der Waals surface area contributed by atoms with Crippen molar-refractivity contribution in [3.8, 4) is 0 Å². The number of halogens is 2. The van der Waals surface area contributed by atoms with Crippen molar-refractivity contribution in [3.05, 3.63) is 30.4 Å². The van der Waals surface area contributed by atoms with Gasteiger partial charge in [-0.15, -0.1) is 35.0 Å². The SMILES string of the molecule is CNCC(=O)N1CCC(c2nnc(Cn3ccnc3)n2C)CC1.Cl.Cl. The minimum Gasteiger partial charge on any atom is -0.342 e. The molecule has 0 aliphatic carbocycles. The quantitative estimate of drug-likeness (QED) is 0.818. The van der Waals surface area contributed by atoms with Gasteiger partial charge in [-0.05, 0) is 19.9 Å². The summed E-state index contributed by atoms with van der Waals surface area (Å²) in [6.45, 7) is 2.65. The summed E-state index contributed by atoms with van der Waals surface area (Å²) in [5.41, 5.74) is 0. The van der Waals surface area contributed by atoms with Gasteiger partial charge in [-0.1, -0.05) is 0 Å². The molecule has 1 fully saturated rings. The van der Waals surface area contributed by atoms with Gasteiger partial charge in [0.15, 0.2) is 5.82 Å². The second-order valence-corrected chi connectivity index (χ2v) is 5.95. The fourth-order valence-electron chi connectivity index (χ4n) is 3.06. The molecule has 140 valence electrons. The fourth-order valence-corrected chi connectivity index (χ4v) is 3.06. The van der Waals surface area contributed by atoms with E-state index in [1.807, 2.05) is 22.7 Å². The summed E-state index contributed by atoms with van der Waals surface area (Å²) >= 11 is 0. The van der Waals surface area contributed by atoms with E-state index in [0.29, 0.717) is 19.0 Å². The van der Waals surface area contributed by atoms with Gasteiger partial charge in [0.2, 0.25) is 5.91 Å². The third-order valence-corrected chi connectivity index (χ3v) is 4.42. The van der Waals surface area contributed by atoms with E-state index in [0.717, 1.165) is 37.6 Å². The van der Waals surface area contributed by atoms with Crippen molar-refractivity contribution in [3.63, 3.8) is 0 Å². The number of imidazole rings is 1. The first kappa shape index (κ1) is 21.4. The minimum atomic E-state index is 0. The minimum absolute atomic E-state index is 0.